The summed E-state index contributed by atoms with van der Waals surface area (Å²) >= 11 is 0. The van der Waals surface area contributed by atoms with Gasteiger partial charge in [-0.25, -0.2) is 8.42 Å². The first-order valence-corrected chi connectivity index (χ1v) is 8.78. The molecule has 20 heavy (non-hydrogen) atoms. The monoisotopic (exact) mass is 295 g/mol. The molecule has 0 amide bonds. The minimum absolute atomic E-state index is 0.107. The van der Waals surface area contributed by atoms with Crippen LogP contribution in [-0.2, 0) is 22.9 Å². The molecule has 0 unspecified atom stereocenters. The molecule has 6 heteroatoms. The highest BCUT2D eigenvalue weighted by Crippen LogP contribution is 2.18. The maximum absolute atomic E-state index is 11.3. The highest BCUT2D eigenvalue weighted by Gasteiger charge is 2.11. The second kappa shape index (κ2) is 5.93. The summed E-state index contributed by atoms with van der Waals surface area (Å²) < 4.78 is 24.4. The van der Waals surface area contributed by atoms with Crippen LogP contribution in [0, 0.1) is 0 Å². The Kier molecular flexibility index (Phi) is 4.45. The lowest BCUT2D eigenvalue weighted by Gasteiger charge is -2.05. The van der Waals surface area contributed by atoms with Gasteiger partial charge in [-0.15, -0.1) is 0 Å². The van der Waals surface area contributed by atoms with Crippen molar-refractivity contribution in [1.82, 2.24) is 15.1 Å². The Bertz CT molecular complexity index is 690. The summed E-state index contributed by atoms with van der Waals surface area (Å²) in [7, 11) is -2.98. The van der Waals surface area contributed by atoms with Gasteiger partial charge < -0.3 is 5.32 Å². The topological polar surface area (TPSA) is 64.0 Å². The van der Waals surface area contributed by atoms with Crippen molar-refractivity contribution in [3.05, 3.63) is 30.0 Å². The molecule has 0 saturated carbocycles. The molecule has 1 heterocycles. The summed E-state index contributed by atoms with van der Waals surface area (Å²) in [5.41, 5.74) is 1.94. The predicted molar refractivity (Wildman–Crippen MR) is 81.4 cm³/mol. The second-order valence-electron chi connectivity index (χ2n) is 5.35. The number of sulfone groups is 1. The average molecular weight is 295 g/mol. The van der Waals surface area contributed by atoms with Gasteiger partial charge in [0.15, 0.2) is 0 Å². The third kappa shape index (κ3) is 3.80. The van der Waals surface area contributed by atoms with Crippen molar-refractivity contribution in [2.24, 2.45) is 0 Å². The summed E-state index contributed by atoms with van der Waals surface area (Å²) in [5, 5.41) is 8.98. The fourth-order valence-electron chi connectivity index (χ4n) is 2.05. The van der Waals surface area contributed by atoms with Gasteiger partial charge in [0.1, 0.15) is 9.84 Å². The van der Waals surface area contributed by atoms with E-state index in [1.165, 1.54) is 6.26 Å². The first-order chi connectivity index (χ1) is 9.37. The van der Waals surface area contributed by atoms with E-state index in [1.54, 1.807) is 4.68 Å². The van der Waals surface area contributed by atoms with E-state index in [4.69, 9.17) is 0 Å². The van der Waals surface area contributed by atoms with Crippen LogP contribution in [0.15, 0.2) is 24.3 Å². The van der Waals surface area contributed by atoms with Gasteiger partial charge in [-0.05, 0) is 6.07 Å². The first-order valence-electron chi connectivity index (χ1n) is 6.72. The summed E-state index contributed by atoms with van der Waals surface area (Å²) in [6.45, 7) is 5.25. The molecule has 2 rings (SSSR count). The highest BCUT2D eigenvalue weighted by atomic mass is 32.2. The van der Waals surface area contributed by atoms with Crippen molar-refractivity contribution in [1.29, 1.82) is 0 Å². The maximum Gasteiger partial charge on any atom is 0.149 e. The van der Waals surface area contributed by atoms with Crippen LogP contribution < -0.4 is 5.32 Å². The van der Waals surface area contributed by atoms with Gasteiger partial charge >= 0.3 is 0 Å². The van der Waals surface area contributed by atoms with Crippen molar-refractivity contribution < 1.29 is 8.42 Å². The zero-order valence-electron chi connectivity index (χ0n) is 12.1. The number of hydrogen-bond donors (Lipinski definition) is 1. The van der Waals surface area contributed by atoms with E-state index in [-0.39, 0.29) is 5.75 Å². The lowest BCUT2D eigenvalue weighted by Crippen LogP contribution is -2.22. The minimum Gasteiger partial charge on any atom is -0.309 e. The van der Waals surface area contributed by atoms with Crippen molar-refractivity contribution in [2.45, 2.75) is 33.0 Å². The van der Waals surface area contributed by atoms with Crippen molar-refractivity contribution >= 4 is 20.7 Å². The normalized spacial score (nSPS) is 12.4. The van der Waals surface area contributed by atoms with Crippen molar-refractivity contribution in [2.75, 3.05) is 12.0 Å². The zero-order chi connectivity index (χ0) is 14.8. The van der Waals surface area contributed by atoms with Gasteiger partial charge in [-0.3, -0.25) is 4.68 Å². The Morgan fingerprint density at radius 2 is 2.00 bits per heavy atom. The van der Waals surface area contributed by atoms with Crippen LogP contribution in [0.4, 0.5) is 0 Å². The molecule has 1 aromatic heterocycles. The Morgan fingerprint density at radius 1 is 1.30 bits per heavy atom. The van der Waals surface area contributed by atoms with Gasteiger partial charge in [0.05, 0.1) is 23.5 Å². The number of fused-ring (bicyclic) bond motifs is 1. The number of hydrogen-bond acceptors (Lipinski definition) is 4. The lowest BCUT2D eigenvalue weighted by molar-refractivity contribution is 0.566. The molecule has 0 aliphatic heterocycles. The molecule has 0 saturated heterocycles. The van der Waals surface area contributed by atoms with E-state index >= 15 is 0 Å². The van der Waals surface area contributed by atoms with Crippen LogP contribution in [0.1, 0.15) is 19.5 Å². The van der Waals surface area contributed by atoms with Crippen LogP contribution >= 0.6 is 0 Å². The Morgan fingerprint density at radius 3 is 2.65 bits per heavy atom. The number of nitrogens with zero attached hydrogens (tertiary/aromatic N) is 2. The molecule has 0 spiro atoms. The highest BCUT2D eigenvalue weighted by molar-refractivity contribution is 7.90. The first kappa shape index (κ1) is 15.0. The number of nitrogens with one attached hydrogen (secondary N) is 1. The molecule has 0 aliphatic rings. The lowest BCUT2D eigenvalue weighted by atomic mass is 10.2. The zero-order valence-corrected chi connectivity index (χ0v) is 12.9. The van der Waals surface area contributed by atoms with E-state index in [2.05, 4.69) is 24.3 Å². The predicted octanol–water partition coefficient (Wildman–Crippen LogP) is 1.58. The van der Waals surface area contributed by atoms with Crippen LogP contribution in [0.2, 0.25) is 0 Å². The van der Waals surface area contributed by atoms with E-state index in [1.807, 2.05) is 24.3 Å². The van der Waals surface area contributed by atoms with Gasteiger partial charge in [0.25, 0.3) is 0 Å². The molecule has 1 aromatic carbocycles. The van der Waals surface area contributed by atoms with Gasteiger partial charge in [0, 0.05) is 24.2 Å². The number of rotatable bonds is 6. The molecule has 0 bridgehead atoms. The second-order valence-corrected chi connectivity index (χ2v) is 7.61. The fourth-order valence-corrected chi connectivity index (χ4v) is 2.55. The van der Waals surface area contributed by atoms with E-state index in [0.29, 0.717) is 19.1 Å². The molecule has 0 fully saturated rings. The number of para-hydroxylation sites is 1. The van der Waals surface area contributed by atoms with Crippen molar-refractivity contribution in [3.8, 4) is 0 Å². The Balaban J connectivity index is 2.30. The Labute approximate surface area is 119 Å². The summed E-state index contributed by atoms with van der Waals surface area (Å²) in [4.78, 5) is 0. The third-order valence-corrected chi connectivity index (χ3v) is 4.01. The van der Waals surface area contributed by atoms with Crippen molar-refractivity contribution in [3.63, 3.8) is 0 Å². The van der Waals surface area contributed by atoms with Gasteiger partial charge in [-0.2, -0.15) is 5.10 Å². The molecule has 2 aromatic rings. The van der Waals surface area contributed by atoms with Crippen LogP contribution in [0.3, 0.4) is 0 Å². The van der Waals surface area contributed by atoms with E-state index < -0.39 is 9.84 Å². The average Bonchev–Trinajstić information content (AvgIpc) is 2.71. The maximum atomic E-state index is 11.3. The molecular weight excluding hydrogens is 274 g/mol. The quantitative estimate of drug-likeness (QED) is 0.879. The number of benzene rings is 1. The van der Waals surface area contributed by atoms with Crippen LogP contribution in [0.5, 0.6) is 0 Å². The van der Waals surface area contributed by atoms with Crippen LogP contribution in [0.25, 0.3) is 10.9 Å². The van der Waals surface area contributed by atoms with Crippen LogP contribution in [-0.4, -0.2) is 36.2 Å². The standard InChI is InChI=1S/C14H21N3O2S/c1-11(2)15-10-13-12-6-4-5-7-14(12)17(16-13)8-9-20(3,18)19/h4-7,11,15H,8-10H2,1-3H3. The molecule has 1 N–H and O–H groups in total. The molecule has 0 radical (unpaired) electrons. The number of aromatic nitrogens is 2. The van der Waals surface area contributed by atoms with Gasteiger partial charge in [0.2, 0.25) is 0 Å². The summed E-state index contributed by atoms with van der Waals surface area (Å²) in [6, 6.07) is 8.31. The third-order valence-electron chi connectivity index (χ3n) is 3.09. The molecule has 0 atom stereocenters. The molecule has 110 valence electrons. The molecule has 0 aliphatic carbocycles. The minimum atomic E-state index is -2.98. The van der Waals surface area contributed by atoms with Gasteiger partial charge in [-0.1, -0.05) is 32.0 Å². The molecular formula is C14H21N3O2S. The smallest absolute Gasteiger partial charge is 0.149 e. The largest absolute Gasteiger partial charge is 0.309 e. The number of aryl methyl sites for hydroxylation is 1. The van der Waals surface area contributed by atoms with E-state index in [9.17, 15) is 8.42 Å². The summed E-state index contributed by atoms with van der Waals surface area (Å²) in [6.07, 6.45) is 1.25. The fraction of sp³-hybridized carbons (Fsp3) is 0.500. The SMILES string of the molecule is CC(C)NCc1nn(CCS(C)(=O)=O)c2ccccc12. The molecule has 5 nitrogen and oxygen atoms in total. The summed E-state index contributed by atoms with van der Waals surface area (Å²) in [5.74, 6) is 0.107. The Hall–Kier alpha value is -1.40. The van der Waals surface area contributed by atoms with E-state index in [0.717, 1.165) is 16.6 Å².